The molecule has 0 bridgehead atoms. The van der Waals surface area contributed by atoms with Crippen molar-refractivity contribution in [1.82, 2.24) is 18.9 Å². The van der Waals surface area contributed by atoms with Gasteiger partial charge in [0.2, 0.25) is 0 Å². The maximum Gasteiger partial charge on any atom is 0.416 e. The Bertz CT molecular complexity index is 1440. The van der Waals surface area contributed by atoms with Crippen molar-refractivity contribution in [2.24, 2.45) is 0 Å². The molecular formula is C23H16F3N5O2. The fraction of sp³-hybridized carbons (Fsp3) is 0.130. The third kappa shape index (κ3) is 3.85. The Morgan fingerprint density at radius 1 is 1.09 bits per heavy atom. The van der Waals surface area contributed by atoms with Gasteiger partial charge in [-0.15, -0.1) is 0 Å². The molecule has 0 aliphatic heterocycles. The minimum absolute atomic E-state index is 0.0302. The van der Waals surface area contributed by atoms with Crippen LogP contribution in [0.2, 0.25) is 0 Å². The maximum atomic E-state index is 13.2. The second-order valence-electron chi connectivity index (χ2n) is 7.16. The Morgan fingerprint density at radius 3 is 2.45 bits per heavy atom. The number of benzene rings is 2. The van der Waals surface area contributed by atoms with Crippen LogP contribution in [-0.2, 0) is 17.5 Å². The fourth-order valence-corrected chi connectivity index (χ4v) is 3.72. The van der Waals surface area contributed by atoms with Crippen LogP contribution in [0.1, 0.15) is 16.8 Å². The van der Waals surface area contributed by atoms with Crippen molar-refractivity contribution in [3.05, 3.63) is 88.1 Å². The Balaban J connectivity index is 1.94. The van der Waals surface area contributed by atoms with Gasteiger partial charge < -0.3 is 4.79 Å². The van der Waals surface area contributed by atoms with Gasteiger partial charge in [0.15, 0.2) is 0 Å². The molecule has 0 saturated carbocycles. The Kier molecular flexibility index (Phi) is 5.47. The zero-order valence-corrected chi connectivity index (χ0v) is 17.2. The van der Waals surface area contributed by atoms with Gasteiger partial charge in [0.05, 0.1) is 58.4 Å². The number of imidazole rings is 1. The van der Waals surface area contributed by atoms with Crippen molar-refractivity contribution >= 4 is 6.29 Å². The first-order valence-electron chi connectivity index (χ1n) is 9.74. The van der Waals surface area contributed by atoms with Crippen LogP contribution in [0, 0.1) is 18.3 Å². The predicted molar refractivity (Wildman–Crippen MR) is 113 cm³/mol. The Labute approximate surface area is 185 Å². The van der Waals surface area contributed by atoms with Gasteiger partial charge in [-0.3, -0.25) is 9.13 Å². The van der Waals surface area contributed by atoms with E-state index in [0.29, 0.717) is 34.6 Å². The number of hydrogen-bond acceptors (Lipinski definition) is 4. The lowest BCUT2D eigenvalue weighted by Gasteiger charge is -2.11. The molecule has 0 N–H and O–H groups in total. The molecule has 33 heavy (non-hydrogen) atoms. The molecule has 4 rings (SSSR count). The average Bonchev–Trinajstić information content (AvgIpc) is 3.36. The van der Waals surface area contributed by atoms with E-state index in [2.05, 4.69) is 5.10 Å². The van der Waals surface area contributed by atoms with Crippen molar-refractivity contribution in [2.45, 2.75) is 19.6 Å². The highest BCUT2D eigenvalue weighted by Gasteiger charge is 2.31. The van der Waals surface area contributed by atoms with Gasteiger partial charge in [-0.2, -0.15) is 23.5 Å². The molecule has 0 aliphatic rings. The lowest BCUT2D eigenvalue weighted by atomic mass is 10.2. The summed E-state index contributed by atoms with van der Waals surface area (Å²) in [6.45, 7) is 1.30. The second kappa shape index (κ2) is 8.27. The molecule has 2 aromatic heterocycles. The summed E-state index contributed by atoms with van der Waals surface area (Å²) in [5.74, 6) is 0. The van der Waals surface area contributed by atoms with E-state index < -0.39 is 17.4 Å². The summed E-state index contributed by atoms with van der Waals surface area (Å²) in [4.78, 5) is 24.6. The standard InChI is InChI=1S/C23H16F3N5O2/c1-15-21(20-9-10-28-31(20)18-7-5-16(14-27)6-8-18)29(11-12-32)22(33)30(15)19-4-2-3-17(13-19)23(24,25)26/h2-10,12-13H,11H2,1H3. The largest absolute Gasteiger partial charge is 0.416 e. The quantitative estimate of drug-likeness (QED) is 0.431. The molecule has 0 aliphatic carbocycles. The number of nitrogens with zero attached hydrogens (tertiary/aromatic N) is 5. The van der Waals surface area contributed by atoms with E-state index in [-0.39, 0.29) is 12.2 Å². The van der Waals surface area contributed by atoms with Crippen LogP contribution in [0.3, 0.4) is 0 Å². The molecule has 0 spiro atoms. The van der Waals surface area contributed by atoms with Crippen LogP contribution in [0.15, 0.2) is 65.6 Å². The number of carbonyl (C=O) groups excluding carboxylic acids is 1. The van der Waals surface area contributed by atoms with Crippen LogP contribution < -0.4 is 5.69 Å². The number of aldehydes is 1. The smallest absolute Gasteiger partial charge is 0.301 e. The van der Waals surface area contributed by atoms with Gasteiger partial charge >= 0.3 is 11.9 Å². The molecule has 10 heteroatoms. The molecule has 0 radical (unpaired) electrons. The topological polar surface area (TPSA) is 85.6 Å². The van der Waals surface area contributed by atoms with Crippen LogP contribution in [0.4, 0.5) is 13.2 Å². The number of nitriles is 1. The molecule has 2 aromatic carbocycles. The van der Waals surface area contributed by atoms with E-state index >= 15 is 0 Å². The van der Waals surface area contributed by atoms with E-state index in [1.807, 2.05) is 6.07 Å². The molecule has 7 nitrogen and oxygen atoms in total. The molecule has 0 atom stereocenters. The molecule has 2 heterocycles. The summed E-state index contributed by atoms with van der Waals surface area (Å²) < 4.78 is 43.6. The lowest BCUT2D eigenvalue weighted by molar-refractivity contribution is -0.137. The van der Waals surface area contributed by atoms with Crippen LogP contribution in [0.25, 0.3) is 22.8 Å². The van der Waals surface area contributed by atoms with E-state index in [9.17, 15) is 22.8 Å². The van der Waals surface area contributed by atoms with E-state index in [1.54, 1.807) is 37.3 Å². The number of aromatic nitrogens is 4. The van der Waals surface area contributed by atoms with Gasteiger partial charge in [-0.05, 0) is 55.5 Å². The summed E-state index contributed by atoms with van der Waals surface area (Å²) in [6, 6.07) is 14.7. The zero-order valence-electron chi connectivity index (χ0n) is 17.2. The fourth-order valence-electron chi connectivity index (χ4n) is 3.72. The van der Waals surface area contributed by atoms with Crippen molar-refractivity contribution in [1.29, 1.82) is 5.26 Å². The monoisotopic (exact) mass is 451 g/mol. The minimum Gasteiger partial charge on any atom is -0.301 e. The minimum atomic E-state index is -4.57. The van der Waals surface area contributed by atoms with Crippen LogP contribution in [0.5, 0.6) is 0 Å². The normalized spacial score (nSPS) is 11.4. The first-order valence-corrected chi connectivity index (χ1v) is 9.74. The van der Waals surface area contributed by atoms with Gasteiger partial charge in [0, 0.05) is 0 Å². The molecule has 166 valence electrons. The predicted octanol–water partition coefficient (Wildman–Crippen LogP) is 3.89. The van der Waals surface area contributed by atoms with Crippen LogP contribution >= 0.6 is 0 Å². The van der Waals surface area contributed by atoms with Crippen molar-refractivity contribution < 1.29 is 18.0 Å². The number of rotatable bonds is 5. The molecular weight excluding hydrogens is 435 g/mol. The average molecular weight is 451 g/mol. The second-order valence-corrected chi connectivity index (χ2v) is 7.16. The van der Waals surface area contributed by atoms with Gasteiger partial charge in [-0.1, -0.05) is 6.07 Å². The molecule has 0 saturated heterocycles. The van der Waals surface area contributed by atoms with E-state index in [0.717, 1.165) is 16.7 Å². The molecule has 0 fully saturated rings. The molecule has 4 aromatic rings. The summed E-state index contributed by atoms with van der Waals surface area (Å²) in [5, 5.41) is 13.3. The summed E-state index contributed by atoms with van der Waals surface area (Å²) in [6.07, 6.45) is -2.52. The number of hydrogen-bond donors (Lipinski definition) is 0. The highest BCUT2D eigenvalue weighted by Crippen LogP contribution is 2.32. The maximum absolute atomic E-state index is 13.2. The van der Waals surface area contributed by atoms with Crippen molar-refractivity contribution in [3.8, 4) is 28.8 Å². The summed E-state index contributed by atoms with van der Waals surface area (Å²) >= 11 is 0. The number of halogens is 3. The molecule has 0 amide bonds. The SMILES string of the molecule is Cc1c(-c2ccnn2-c2ccc(C#N)cc2)n(CC=O)c(=O)n1-c1cccc(C(F)(F)F)c1. The summed E-state index contributed by atoms with van der Waals surface area (Å²) in [7, 11) is 0. The van der Waals surface area contributed by atoms with E-state index in [1.165, 1.54) is 27.6 Å². The van der Waals surface area contributed by atoms with Gasteiger partial charge in [-0.25, -0.2) is 9.48 Å². The first-order chi connectivity index (χ1) is 15.8. The third-order valence-corrected chi connectivity index (χ3v) is 5.19. The highest BCUT2D eigenvalue weighted by atomic mass is 19.4. The van der Waals surface area contributed by atoms with Gasteiger partial charge in [0.25, 0.3) is 0 Å². The number of carbonyl (C=O) groups is 1. The van der Waals surface area contributed by atoms with Crippen molar-refractivity contribution in [2.75, 3.05) is 0 Å². The third-order valence-electron chi connectivity index (χ3n) is 5.19. The first kappa shape index (κ1) is 21.8. The lowest BCUT2D eigenvalue weighted by Crippen LogP contribution is -2.25. The Morgan fingerprint density at radius 2 is 1.82 bits per heavy atom. The van der Waals surface area contributed by atoms with Crippen molar-refractivity contribution in [3.63, 3.8) is 0 Å². The number of alkyl halides is 3. The van der Waals surface area contributed by atoms with E-state index in [4.69, 9.17) is 5.26 Å². The zero-order chi connectivity index (χ0) is 23.8. The Hall–Kier alpha value is -4.39. The summed E-state index contributed by atoms with van der Waals surface area (Å²) in [5.41, 5.74) is 0.690. The molecule has 0 unspecified atom stereocenters. The highest BCUT2D eigenvalue weighted by molar-refractivity contribution is 5.64. The van der Waals surface area contributed by atoms with Crippen LogP contribution in [-0.4, -0.2) is 25.2 Å². The van der Waals surface area contributed by atoms with Gasteiger partial charge in [0.1, 0.15) is 6.29 Å².